The molecule has 1 saturated heterocycles. The predicted molar refractivity (Wildman–Crippen MR) is 79.0 cm³/mol. The van der Waals surface area contributed by atoms with Crippen molar-refractivity contribution in [3.63, 3.8) is 0 Å². The van der Waals surface area contributed by atoms with Crippen LogP contribution in [-0.4, -0.2) is 24.4 Å². The van der Waals surface area contributed by atoms with Crippen LogP contribution in [0.25, 0.3) is 0 Å². The van der Waals surface area contributed by atoms with E-state index in [0.29, 0.717) is 13.0 Å². The van der Waals surface area contributed by atoms with Crippen LogP contribution in [0.15, 0.2) is 12.1 Å². The number of hydrogen-bond acceptors (Lipinski definition) is 3. The lowest BCUT2D eigenvalue weighted by atomic mass is 10.1. The fourth-order valence-electron chi connectivity index (χ4n) is 2.03. The third-order valence-corrected chi connectivity index (χ3v) is 3.81. The van der Waals surface area contributed by atoms with Gasteiger partial charge in [0.1, 0.15) is 6.04 Å². The van der Waals surface area contributed by atoms with E-state index in [2.05, 4.69) is 10.6 Å². The molecular weight excluding hydrogens is 301 g/mol. The first-order chi connectivity index (χ1) is 9.49. The van der Waals surface area contributed by atoms with Crippen molar-refractivity contribution in [2.24, 2.45) is 0 Å². The van der Waals surface area contributed by atoms with Crippen molar-refractivity contribution >= 4 is 40.7 Å². The Morgan fingerprint density at radius 1 is 1.30 bits per heavy atom. The number of benzene rings is 1. The maximum atomic E-state index is 12.1. The van der Waals surface area contributed by atoms with Crippen molar-refractivity contribution in [2.45, 2.75) is 25.3 Å². The second kappa shape index (κ2) is 6.33. The average molecular weight is 316 g/mol. The number of nitrogen functional groups attached to an aromatic ring is 1. The number of amides is 2. The highest BCUT2D eigenvalue weighted by atomic mass is 35.5. The van der Waals surface area contributed by atoms with Gasteiger partial charge in [-0.2, -0.15) is 0 Å². The minimum atomic E-state index is -0.528. The van der Waals surface area contributed by atoms with E-state index in [-0.39, 0.29) is 27.2 Å². The van der Waals surface area contributed by atoms with Crippen molar-refractivity contribution in [3.8, 4) is 0 Å². The summed E-state index contributed by atoms with van der Waals surface area (Å²) in [6.45, 7) is 0.644. The lowest BCUT2D eigenvalue weighted by Gasteiger charge is -2.15. The van der Waals surface area contributed by atoms with Crippen LogP contribution in [0.2, 0.25) is 10.0 Å². The van der Waals surface area contributed by atoms with Crippen molar-refractivity contribution in [1.82, 2.24) is 10.6 Å². The third kappa shape index (κ3) is 3.35. The molecule has 1 atom stereocenters. The molecular formula is C13H15Cl2N3O2. The minimum Gasteiger partial charge on any atom is -0.396 e. The second-order valence-corrected chi connectivity index (χ2v) is 5.48. The molecule has 2 amide bonds. The summed E-state index contributed by atoms with van der Waals surface area (Å²) in [5.41, 5.74) is 6.14. The molecule has 1 fully saturated rings. The van der Waals surface area contributed by atoms with E-state index in [1.165, 1.54) is 12.1 Å². The van der Waals surface area contributed by atoms with Gasteiger partial charge in [-0.15, -0.1) is 0 Å². The van der Waals surface area contributed by atoms with Crippen LogP contribution in [0.4, 0.5) is 5.69 Å². The largest absolute Gasteiger partial charge is 0.396 e. The van der Waals surface area contributed by atoms with Gasteiger partial charge in [-0.3, -0.25) is 9.59 Å². The lowest BCUT2D eigenvalue weighted by Crippen LogP contribution is -2.45. The molecule has 1 heterocycles. The van der Waals surface area contributed by atoms with E-state index in [1.54, 1.807) is 0 Å². The molecule has 5 nitrogen and oxygen atoms in total. The van der Waals surface area contributed by atoms with Crippen LogP contribution in [-0.2, 0) is 4.79 Å². The lowest BCUT2D eigenvalue weighted by molar-refractivity contribution is -0.122. The monoisotopic (exact) mass is 315 g/mol. The van der Waals surface area contributed by atoms with Crippen LogP contribution < -0.4 is 16.4 Å². The molecule has 1 unspecified atom stereocenters. The highest BCUT2D eigenvalue weighted by molar-refractivity contribution is 6.39. The van der Waals surface area contributed by atoms with Gasteiger partial charge in [-0.1, -0.05) is 23.2 Å². The quantitative estimate of drug-likeness (QED) is 0.729. The number of carbonyl (C=O) groups is 2. The van der Waals surface area contributed by atoms with Gasteiger partial charge in [-0.25, -0.2) is 0 Å². The zero-order valence-corrected chi connectivity index (χ0v) is 12.2. The van der Waals surface area contributed by atoms with Gasteiger partial charge in [0.15, 0.2) is 0 Å². The molecule has 2 rings (SSSR count). The average Bonchev–Trinajstić information content (AvgIpc) is 2.61. The Morgan fingerprint density at radius 2 is 1.95 bits per heavy atom. The molecule has 0 radical (unpaired) electrons. The maximum Gasteiger partial charge on any atom is 0.252 e. The fourth-order valence-corrected chi connectivity index (χ4v) is 2.52. The normalized spacial score (nSPS) is 19.1. The van der Waals surface area contributed by atoms with E-state index >= 15 is 0 Å². The molecule has 0 spiro atoms. The molecule has 20 heavy (non-hydrogen) atoms. The molecule has 1 aliphatic rings. The molecule has 7 heteroatoms. The zero-order valence-electron chi connectivity index (χ0n) is 10.7. The van der Waals surface area contributed by atoms with Gasteiger partial charge >= 0.3 is 0 Å². The molecule has 1 aromatic rings. The number of carbonyl (C=O) groups excluding carboxylic acids is 2. The Labute approximate surface area is 126 Å². The summed E-state index contributed by atoms with van der Waals surface area (Å²) in [6.07, 6.45) is 2.42. The second-order valence-electron chi connectivity index (χ2n) is 4.67. The first kappa shape index (κ1) is 14.9. The van der Waals surface area contributed by atoms with E-state index in [9.17, 15) is 9.59 Å². The third-order valence-electron chi connectivity index (χ3n) is 3.18. The smallest absolute Gasteiger partial charge is 0.252 e. The summed E-state index contributed by atoms with van der Waals surface area (Å²) in [4.78, 5) is 23.9. The number of hydrogen-bond donors (Lipinski definition) is 3. The van der Waals surface area contributed by atoms with Gasteiger partial charge < -0.3 is 16.4 Å². The van der Waals surface area contributed by atoms with Gasteiger partial charge in [0.25, 0.3) is 5.91 Å². The van der Waals surface area contributed by atoms with Crippen LogP contribution >= 0.6 is 23.2 Å². The number of rotatable bonds is 2. The summed E-state index contributed by atoms with van der Waals surface area (Å²) in [6, 6.07) is 2.35. The van der Waals surface area contributed by atoms with Crippen LogP contribution in [0.3, 0.4) is 0 Å². The van der Waals surface area contributed by atoms with Crippen LogP contribution in [0, 0.1) is 0 Å². The summed E-state index contributed by atoms with van der Waals surface area (Å²) in [7, 11) is 0. The minimum absolute atomic E-state index is 0.163. The SMILES string of the molecule is Nc1c(Cl)cc(C(=O)NC2CCCCNC2=O)cc1Cl. The van der Waals surface area contributed by atoms with Crippen LogP contribution in [0.1, 0.15) is 29.6 Å². The standard InChI is InChI=1S/C13H15Cl2N3O2/c14-8-5-7(6-9(15)11(8)16)12(19)18-10-3-1-2-4-17-13(10)20/h5-6,10H,1-4,16H2,(H,17,20)(H,18,19). The molecule has 0 aromatic heterocycles. The molecule has 0 bridgehead atoms. The summed E-state index contributed by atoms with van der Waals surface area (Å²) < 4.78 is 0. The highest BCUT2D eigenvalue weighted by Gasteiger charge is 2.23. The van der Waals surface area contributed by atoms with Crippen molar-refractivity contribution < 1.29 is 9.59 Å². The zero-order chi connectivity index (χ0) is 14.7. The van der Waals surface area contributed by atoms with Gasteiger partial charge in [0.05, 0.1) is 15.7 Å². The fraction of sp³-hybridized carbons (Fsp3) is 0.385. The summed E-state index contributed by atoms with van der Waals surface area (Å²) in [5.74, 6) is -0.556. The van der Waals surface area contributed by atoms with Crippen LogP contribution in [0.5, 0.6) is 0 Å². The topological polar surface area (TPSA) is 84.2 Å². The van der Waals surface area contributed by atoms with Crippen molar-refractivity contribution in [3.05, 3.63) is 27.7 Å². The van der Waals surface area contributed by atoms with Gasteiger partial charge in [0.2, 0.25) is 5.91 Å². The van der Waals surface area contributed by atoms with E-state index in [4.69, 9.17) is 28.9 Å². The Morgan fingerprint density at radius 3 is 2.60 bits per heavy atom. The number of halogens is 2. The molecule has 0 aliphatic carbocycles. The van der Waals surface area contributed by atoms with Gasteiger partial charge in [0, 0.05) is 12.1 Å². The summed E-state index contributed by atoms with van der Waals surface area (Å²) in [5, 5.41) is 5.88. The molecule has 0 saturated carbocycles. The van der Waals surface area contributed by atoms with E-state index < -0.39 is 11.9 Å². The number of anilines is 1. The molecule has 1 aliphatic heterocycles. The highest BCUT2D eigenvalue weighted by Crippen LogP contribution is 2.28. The molecule has 4 N–H and O–H groups in total. The van der Waals surface area contributed by atoms with Gasteiger partial charge in [-0.05, 0) is 31.4 Å². The molecule has 108 valence electrons. The first-order valence-electron chi connectivity index (χ1n) is 6.32. The van der Waals surface area contributed by atoms with Crippen molar-refractivity contribution in [1.29, 1.82) is 0 Å². The Balaban J connectivity index is 2.13. The maximum absolute atomic E-state index is 12.1. The predicted octanol–water partition coefficient (Wildman–Crippen LogP) is 1.97. The van der Waals surface area contributed by atoms with E-state index in [0.717, 1.165) is 12.8 Å². The van der Waals surface area contributed by atoms with Crippen molar-refractivity contribution in [2.75, 3.05) is 12.3 Å². The van der Waals surface area contributed by atoms with E-state index in [1.807, 2.05) is 0 Å². The first-order valence-corrected chi connectivity index (χ1v) is 7.07. The Hall–Kier alpha value is -1.46. The molecule has 1 aromatic carbocycles. The Bertz CT molecular complexity index is 525. The number of nitrogens with two attached hydrogens (primary N) is 1. The Kier molecular flexibility index (Phi) is 4.73. The summed E-state index contributed by atoms with van der Waals surface area (Å²) >= 11 is 11.8. The number of nitrogens with one attached hydrogen (secondary N) is 2.